The Morgan fingerprint density at radius 2 is 2.05 bits per heavy atom. The Balaban J connectivity index is 1.80. The lowest BCUT2D eigenvalue weighted by molar-refractivity contribution is 0.268. The van der Waals surface area contributed by atoms with Crippen LogP contribution in [0, 0.1) is 13.8 Å². The molecular formula is C13H18N6O. The normalized spacial score (nSPS) is 14.8. The summed E-state index contributed by atoms with van der Waals surface area (Å²) in [6.45, 7) is 8.56. The molecule has 0 aliphatic carbocycles. The van der Waals surface area contributed by atoms with Gasteiger partial charge in [0.05, 0.1) is 29.2 Å². The van der Waals surface area contributed by atoms with Gasteiger partial charge in [0.2, 0.25) is 0 Å². The van der Waals surface area contributed by atoms with Gasteiger partial charge in [-0.1, -0.05) is 0 Å². The number of aromatic amines is 1. The Labute approximate surface area is 116 Å². The highest BCUT2D eigenvalue weighted by Gasteiger charge is 2.24. The van der Waals surface area contributed by atoms with Crippen molar-refractivity contribution in [2.24, 2.45) is 0 Å². The summed E-state index contributed by atoms with van der Waals surface area (Å²) in [6, 6.07) is 0. The summed E-state index contributed by atoms with van der Waals surface area (Å²) in [4.78, 5) is 22.9. The van der Waals surface area contributed by atoms with E-state index in [-0.39, 0.29) is 5.56 Å². The van der Waals surface area contributed by atoms with E-state index in [2.05, 4.69) is 25.1 Å². The van der Waals surface area contributed by atoms with Gasteiger partial charge in [-0.05, 0) is 20.8 Å². The van der Waals surface area contributed by atoms with E-state index in [0.717, 1.165) is 29.2 Å². The summed E-state index contributed by atoms with van der Waals surface area (Å²) in [5, 5.41) is 8.80. The molecule has 7 heteroatoms. The van der Waals surface area contributed by atoms with E-state index in [0.29, 0.717) is 25.5 Å². The van der Waals surface area contributed by atoms with Crippen LogP contribution in [-0.4, -0.2) is 29.9 Å². The molecule has 0 saturated heterocycles. The average molecular weight is 274 g/mol. The number of H-pyrrole nitrogens is 1. The van der Waals surface area contributed by atoms with Crippen molar-refractivity contribution >= 4 is 0 Å². The van der Waals surface area contributed by atoms with Crippen LogP contribution in [0.5, 0.6) is 0 Å². The second-order valence-corrected chi connectivity index (χ2v) is 5.14. The molecule has 2 aromatic rings. The fourth-order valence-electron chi connectivity index (χ4n) is 2.53. The zero-order chi connectivity index (χ0) is 14.3. The summed E-state index contributed by atoms with van der Waals surface area (Å²) in [7, 11) is 0. The molecule has 20 heavy (non-hydrogen) atoms. The van der Waals surface area contributed by atoms with Gasteiger partial charge in [0.1, 0.15) is 5.82 Å². The van der Waals surface area contributed by atoms with Gasteiger partial charge in [-0.15, -0.1) is 0 Å². The van der Waals surface area contributed by atoms with Gasteiger partial charge in [0.25, 0.3) is 5.56 Å². The molecule has 1 N–H and O–H groups in total. The van der Waals surface area contributed by atoms with E-state index in [4.69, 9.17) is 0 Å². The Morgan fingerprint density at radius 3 is 2.75 bits per heavy atom. The summed E-state index contributed by atoms with van der Waals surface area (Å²) in [5.74, 6) is 0.670. The fourth-order valence-corrected chi connectivity index (χ4v) is 2.53. The summed E-state index contributed by atoms with van der Waals surface area (Å²) < 4.78 is 0. The number of nitrogens with zero attached hydrogens (tertiary/aromatic N) is 5. The summed E-state index contributed by atoms with van der Waals surface area (Å²) in [5.41, 5.74) is 3.54. The Kier molecular flexibility index (Phi) is 3.13. The molecule has 0 radical (unpaired) electrons. The maximum absolute atomic E-state index is 11.9. The molecule has 7 nitrogen and oxygen atoms in total. The first-order chi connectivity index (χ1) is 9.56. The molecule has 0 spiro atoms. The summed E-state index contributed by atoms with van der Waals surface area (Å²) in [6.07, 6.45) is 0. The molecule has 0 amide bonds. The SMILES string of the molecule is CCn1nc(C)c(CN2Cc3nc(C)[nH]c(=O)c3C2)n1. The maximum Gasteiger partial charge on any atom is 0.255 e. The zero-order valence-electron chi connectivity index (χ0n) is 12.0. The fraction of sp³-hybridized carbons (Fsp3) is 0.538. The predicted octanol–water partition coefficient (Wildman–Crippen LogP) is 0.514. The van der Waals surface area contributed by atoms with Gasteiger partial charge in [-0.3, -0.25) is 9.69 Å². The van der Waals surface area contributed by atoms with E-state index in [1.807, 2.05) is 13.8 Å². The minimum atomic E-state index is -0.0241. The van der Waals surface area contributed by atoms with Crippen LogP contribution in [0.1, 0.15) is 35.4 Å². The van der Waals surface area contributed by atoms with Crippen LogP contribution in [0.15, 0.2) is 4.79 Å². The molecular weight excluding hydrogens is 256 g/mol. The average Bonchev–Trinajstić information content (AvgIpc) is 2.94. The predicted molar refractivity (Wildman–Crippen MR) is 73.0 cm³/mol. The molecule has 106 valence electrons. The topological polar surface area (TPSA) is 79.7 Å². The molecule has 0 saturated carbocycles. The lowest BCUT2D eigenvalue weighted by atomic mass is 10.3. The van der Waals surface area contributed by atoms with Crippen LogP contribution in [-0.2, 0) is 26.2 Å². The number of hydrogen-bond acceptors (Lipinski definition) is 5. The molecule has 1 aliphatic heterocycles. The molecule has 0 bridgehead atoms. The van der Waals surface area contributed by atoms with E-state index >= 15 is 0 Å². The molecule has 2 aromatic heterocycles. The van der Waals surface area contributed by atoms with Gasteiger partial charge in [0, 0.05) is 19.6 Å². The first-order valence-electron chi connectivity index (χ1n) is 6.78. The van der Waals surface area contributed by atoms with Gasteiger partial charge in [-0.25, -0.2) is 4.98 Å². The minimum Gasteiger partial charge on any atom is -0.310 e. The highest BCUT2D eigenvalue weighted by atomic mass is 16.1. The largest absolute Gasteiger partial charge is 0.310 e. The van der Waals surface area contributed by atoms with Crippen molar-refractivity contribution in [2.75, 3.05) is 0 Å². The van der Waals surface area contributed by atoms with E-state index in [1.54, 1.807) is 11.7 Å². The van der Waals surface area contributed by atoms with Gasteiger partial charge < -0.3 is 4.98 Å². The van der Waals surface area contributed by atoms with Gasteiger partial charge >= 0.3 is 0 Å². The van der Waals surface area contributed by atoms with Crippen molar-refractivity contribution in [3.05, 3.63) is 38.8 Å². The molecule has 0 fully saturated rings. The molecule has 0 aromatic carbocycles. The third-order valence-electron chi connectivity index (χ3n) is 3.55. The number of hydrogen-bond donors (Lipinski definition) is 1. The number of aryl methyl sites for hydroxylation is 3. The van der Waals surface area contributed by atoms with E-state index < -0.39 is 0 Å². The third-order valence-corrected chi connectivity index (χ3v) is 3.55. The van der Waals surface area contributed by atoms with Crippen LogP contribution in [0.2, 0.25) is 0 Å². The number of nitrogens with one attached hydrogen (secondary N) is 1. The van der Waals surface area contributed by atoms with Crippen molar-refractivity contribution < 1.29 is 0 Å². The quantitative estimate of drug-likeness (QED) is 0.882. The molecule has 0 atom stereocenters. The van der Waals surface area contributed by atoms with Crippen molar-refractivity contribution in [3.63, 3.8) is 0 Å². The lowest BCUT2D eigenvalue weighted by Gasteiger charge is -2.12. The highest BCUT2D eigenvalue weighted by molar-refractivity contribution is 5.22. The van der Waals surface area contributed by atoms with E-state index in [9.17, 15) is 4.79 Å². The second-order valence-electron chi connectivity index (χ2n) is 5.14. The standard InChI is InChI=1S/C13H18N6O/c1-4-19-16-8(2)11(17-19)6-18-5-10-12(7-18)14-9(3)15-13(10)20/h4-7H2,1-3H3,(H,14,15,20). The van der Waals surface area contributed by atoms with Crippen LogP contribution < -0.4 is 5.56 Å². The van der Waals surface area contributed by atoms with Gasteiger partial charge in [-0.2, -0.15) is 15.0 Å². The van der Waals surface area contributed by atoms with Crippen LogP contribution in [0.3, 0.4) is 0 Å². The first kappa shape index (κ1) is 13.0. The van der Waals surface area contributed by atoms with Gasteiger partial charge in [0.15, 0.2) is 0 Å². The van der Waals surface area contributed by atoms with Crippen molar-refractivity contribution in [3.8, 4) is 0 Å². The van der Waals surface area contributed by atoms with Crippen LogP contribution >= 0.6 is 0 Å². The monoisotopic (exact) mass is 274 g/mol. The second kappa shape index (κ2) is 4.82. The van der Waals surface area contributed by atoms with Crippen molar-refractivity contribution in [1.82, 2.24) is 29.9 Å². The summed E-state index contributed by atoms with van der Waals surface area (Å²) >= 11 is 0. The lowest BCUT2D eigenvalue weighted by Crippen LogP contribution is -2.19. The molecule has 0 unspecified atom stereocenters. The van der Waals surface area contributed by atoms with Crippen LogP contribution in [0.4, 0.5) is 0 Å². The zero-order valence-corrected chi connectivity index (χ0v) is 12.0. The van der Waals surface area contributed by atoms with Crippen molar-refractivity contribution in [1.29, 1.82) is 0 Å². The number of fused-ring (bicyclic) bond motifs is 1. The molecule has 3 rings (SSSR count). The molecule has 3 heterocycles. The Morgan fingerprint density at radius 1 is 1.25 bits per heavy atom. The van der Waals surface area contributed by atoms with E-state index in [1.165, 1.54) is 0 Å². The van der Waals surface area contributed by atoms with Crippen LogP contribution in [0.25, 0.3) is 0 Å². The van der Waals surface area contributed by atoms with Crippen molar-refractivity contribution in [2.45, 2.75) is 47.0 Å². The smallest absolute Gasteiger partial charge is 0.255 e. The Bertz CT molecular complexity index is 701. The highest BCUT2D eigenvalue weighted by Crippen LogP contribution is 2.20. The first-order valence-corrected chi connectivity index (χ1v) is 6.78. The maximum atomic E-state index is 11.9. The number of rotatable bonds is 3. The molecule has 1 aliphatic rings. The Hall–Kier alpha value is -2.02. The minimum absolute atomic E-state index is 0.0241. The third kappa shape index (κ3) is 2.24. The number of aromatic nitrogens is 5.